The zero-order chi connectivity index (χ0) is 21.9. The van der Waals surface area contributed by atoms with Gasteiger partial charge in [-0.25, -0.2) is 9.98 Å². The number of furan rings is 1. The highest BCUT2D eigenvalue weighted by molar-refractivity contribution is 14.0. The number of hydrogen-bond donors (Lipinski definition) is 2. The van der Waals surface area contributed by atoms with Crippen LogP contribution in [-0.2, 0) is 32.5 Å². The third-order valence-electron chi connectivity index (χ3n) is 4.90. The summed E-state index contributed by atoms with van der Waals surface area (Å²) in [7, 11) is 2.11. The normalized spacial score (nSPS) is 11.4. The van der Waals surface area contributed by atoms with E-state index >= 15 is 0 Å². The van der Waals surface area contributed by atoms with Crippen LogP contribution in [0.5, 0.6) is 0 Å². The van der Waals surface area contributed by atoms with Gasteiger partial charge in [0.2, 0.25) is 0 Å². The largest absolute Gasteiger partial charge is 0.468 e. The minimum Gasteiger partial charge on any atom is -0.468 e. The Labute approximate surface area is 212 Å². The summed E-state index contributed by atoms with van der Waals surface area (Å²) in [5, 5.41) is 7.96. The molecule has 0 atom stereocenters. The van der Waals surface area contributed by atoms with Crippen LogP contribution in [0.2, 0.25) is 0 Å². The van der Waals surface area contributed by atoms with Crippen molar-refractivity contribution in [2.75, 3.05) is 20.1 Å². The second-order valence-electron chi connectivity index (χ2n) is 7.47. The zero-order valence-corrected chi connectivity index (χ0v) is 22.3. The van der Waals surface area contributed by atoms with E-state index in [1.54, 1.807) is 17.6 Å². The van der Waals surface area contributed by atoms with Crippen molar-refractivity contribution < 1.29 is 4.42 Å². The number of aromatic nitrogens is 1. The molecule has 0 saturated heterocycles. The topological polar surface area (TPSA) is 65.7 Å². The Morgan fingerprint density at radius 2 is 1.91 bits per heavy atom. The summed E-state index contributed by atoms with van der Waals surface area (Å²) in [6.07, 6.45) is 5.66. The van der Waals surface area contributed by atoms with Crippen molar-refractivity contribution in [2.24, 2.45) is 4.99 Å². The average molecular weight is 568 g/mol. The van der Waals surface area contributed by atoms with Gasteiger partial charge >= 0.3 is 0 Å². The number of halogens is 1. The molecule has 1 aromatic carbocycles. The van der Waals surface area contributed by atoms with Crippen molar-refractivity contribution in [1.29, 1.82) is 0 Å². The Morgan fingerprint density at radius 1 is 1.09 bits per heavy atom. The molecule has 174 valence electrons. The molecule has 2 aromatic heterocycles. The lowest BCUT2D eigenvalue weighted by molar-refractivity contribution is 0.287. The van der Waals surface area contributed by atoms with Gasteiger partial charge in [-0.15, -0.1) is 35.3 Å². The third kappa shape index (κ3) is 8.55. The van der Waals surface area contributed by atoms with Crippen LogP contribution in [0.25, 0.3) is 0 Å². The first-order valence-electron chi connectivity index (χ1n) is 10.9. The van der Waals surface area contributed by atoms with Crippen LogP contribution < -0.4 is 10.6 Å². The first-order chi connectivity index (χ1) is 15.2. The maximum atomic E-state index is 5.47. The summed E-state index contributed by atoms with van der Waals surface area (Å²) in [6, 6.07) is 12.4. The van der Waals surface area contributed by atoms with Gasteiger partial charge in [-0.1, -0.05) is 31.2 Å². The van der Waals surface area contributed by atoms with E-state index in [4.69, 9.17) is 9.41 Å². The fourth-order valence-corrected chi connectivity index (χ4v) is 4.16. The van der Waals surface area contributed by atoms with E-state index in [0.29, 0.717) is 6.54 Å². The molecule has 0 amide bonds. The molecule has 0 bridgehead atoms. The molecule has 0 saturated carbocycles. The summed E-state index contributed by atoms with van der Waals surface area (Å²) in [5.74, 6) is 1.82. The number of benzene rings is 1. The maximum absolute atomic E-state index is 5.47. The van der Waals surface area contributed by atoms with Gasteiger partial charge in [0, 0.05) is 37.1 Å². The Kier molecular flexibility index (Phi) is 11.8. The molecule has 0 aliphatic heterocycles. The molecular weight excluding hydrogens is 533 g/mol. The van der Waals surface area contributed by atoms with Gasteiger partial charge in [0.15, 0.2) is 5.96 Å². The molecular formula is C24H34IN5OS. The lowest BCUT2D eigenvalue weighted by Crippen LogP contribution is -2.38. The molecule has 8 heteroatoms. The molecule has 0 aliphatic rings. The molecule has 0 unspecified atom stereocenters. The van der Waals surface area contributed by atoms with Crippen LogP contribution >= 0.6 is 35.3 Å². The number of nitrogens with one attached hydrogen (secondary N) is 2. The van der Waals surface area contributed by atoms with Crippen molar-refractivity contribution in [2.45, 2.75) is 46.3 Å². The average Bonchev–Trinajstić information content (AvgIpc) is 3.45. The molecule has 2 heterocycles. The Hall–Kier alpha value is -1.91. The van der Waals surface area contributed by atoms with Crippen LogP contribution in [0.4, 0.5) is 0 Å². The zero-order valence-electron chi connectivity index (χ0n) is 19.1. The van der Waals surface area contributed by atoms with Crippen LogP contribution in [0.3, 0.4) is 0 Å². The van der Waals surface area contributed by atoms with E-state index in [1.165, 1.54) is 21.0 Å². The Balaban J connectivity index is 0.00000363. The van der Waals surface area contributed by atoms with Gasteiger partial charge in [0.25, 0.3) is 0 Å². The number of nitrogens with zero attached hydrogens (tertiary/aromatic N) is 3. The van der Waals surface area contributed by atoms with E-state index in [2.05, 4.69) is 65.7 Å². The number of thiazole rings is 1. The molecule has 0 spiro atoms. The summed E-state index contributed by atoms with van der Waals surface area (Å²) in [6.45, 7) is 8.16. The minimum atomic E-state index is 0. The number of hydrogen-bond acceptors (Lipinski definition) is 5. The highest BCUT2D eigenvalue weighted by Gasteiger charge is 2.08. The van der Waals surface area contributed by atoms with Crippen molar-refractivity contribution in [3.05, 3.63) is 75.6 Å². The molecule has 0 aliphatic carbocycles. The first-order valence-corrected chi connectivity index (χ1v) is 11.7. The van der Waals surface area contributed by atoms with E-state index in [1.807, 2.05) is 18.3 Å². The van der Waals surface area contributed by atoms with Crippen molar-refractivity contribution in [3.8, 4) is 0 Å². The van der Waals surface area contributed by atoms with Gasteiger partial charge in [0.05, 0.1) is 24.4 Å². The van der Waals surface area contributed by atoms with Crippen LogP contribution in [-0.4, -0.2) is 36.0 Å². The monoisotopic (exact) mass is 567 g/mol. The highest BCUT2D eigenvalue weighted by Crippen LogP contribution is 2.15. The molecule has 0 radical (unpaired) electrons. The lowest BCUT2D eigenvalue weighted by atomic mass is 10.1. The molecule has 32 heavy (non-hydrogen) atoms. The van der Waals surface area contributed by atoms with E-state index in [0.717, 1.165) is 50.7 Å². The van der Waals surface area contributed by atoms with Crippen LogP contribution in [0, 0.1) is 0 Å². The SMILES string of the molecule is CCNC(=NCc1ccccc1CN(C)Cc1ccco1)NCCc1ncc(CC)s1.I. The summed E-state index contributed by atoms with van der Waals surface area (Å²) < 4.78 is 5.47. The van der Waals surface area contributed by atoms with Gasteiger partial charge in [-0.05, 0) is 43.7 Å². The Morgan fingerprint density at radius 3 is 2.59 bits per heavy atom. The highest BCUT2D eigenvalue weighted by atomic mass is 127. The molecule has 3 rings (SSSR count). The van der Waals surface area contributed by atoms with E-state index < -0.39 is 0 Å². The van der Waals surface area contributed by atoms with Gasteiger partial charge < -0.3 is 15.1 Å². The molecule has 0 fully saturated rings. The second-order valence-corrected chi connectivity index (χ2v) is 8.67. The van der Waals surface area contributed by atoms with Crippen molar-refractivity contribution in [3.63, 3.8) is 0 Å². The smallest absolute Gasteiger partial charge is 0.191 e. The van der Waals surface area contributed by atoms with Gasteiger partial charge in [0.1, 0.15) is 5.76 Å². The summed E-state index contributed by atoms with van der Waals surface area (Å²) in [4.78, 5) is 12.9. The van der Waals surface area contributed by atoms with Gasteiger partial charge in [-0.3, -0.25) is 4.90 Å². The van der Waals surface area contributed by atoms with E-state index in [-0.39, 0.29) is 24.0 Å². The number of aryl methyl sites for hydroxylation is 1. The molecule has 3 aromatic rings. The maximum Gasteiger partial charge on any atom is 0.191 e. The molecule has 6 nitrogen and oxygen atoms in total. The lowest BCUT2D eigenvalue weighted by Gasteiger charge is -2.17. The number of guanidine groups is 1. The van der Waals surface area contributed by atoms with Gasteiger partial charge in [-0.2, -0.15) is 0 Å². The summed E-state index contributed by atoms with van der Waals surface area (Å²) in [5.41, 5.74) is 2.52. The van der Waals surface area contributed by atoms with Crippen LogP contribution in [0.15, 0.2) is 58.3 Å². The number of aliphatic imine (C=N–C) groups is 1. The third-order valence-corrected chi connectivity index (χ3v) is 6.10. The summed E-state index contributed by atoms with van der Waals surface area (Å²) >= 11 is 1.79. The second kappa shape index (κ2) is 14.3. The number of rotatable bonds is 11. The van der Waals surface area contributed by atoms with Crippen molar-refractivity contribution in [1.82, 2.24) is 20.5 Å². The van der Waals surface area contributed by atoms with Crippen LogP contribution in [0.1, 0.15) is 40.6 Å². The standard InChI is InChI=1S/C24H33N5OS.HI/c1-4-22-16-27-23(31-22)12-13-26-24(25-5-2)28-15-19-9-6-7-10-20(19)17-29(3)18-21-11-8-14-30-21;/h6-11,14,16H,4-5,12-13,15,17-18H2,1-3H3,(H2,25,26,28);1H. The fourth-order valence-electron chi connectivity index (χ4n) is 3.30. The van der Waals surface area contributed by atoms with Crippen molar-refractivity contribution >= 4 is 41.3 Å². The van der Waals surface area contributed by atoms with E-state index in [9.17, 15) is 0 Å². The predicted molar refractivity (Wildman–Crippen MR) is 144 cm³/mol. The quantitative estimate of drug-likeness (QED) is 0.197. The predicted octanol–water partition coefficient (Wildman–Crippen LogP) is 4.85. The molecule has 2 N–H and O–H groups in total. The fraction of sp³-hybridized carbons (Fsp3) is 0.417. The first kappa shape index (κ1) is 26.3. The minimum absolute atomic E-state index is 0. The Bertz CT molecular complexity index is 942.